The van der Waals surface area contributed by atoms with E-state index in [1.165, 1.54) is 6.08 Å². The smallest absolute Gasteiger partial charge is 0.344 e. The molecule has 454 valence electrons. The number of rotatable bonds is 26. The minimum Gasteiger partial charge on any atom is -0.461 e. The summed E-state index contributed by atoms with van der Waals surface area (Å²) in [6, 6.07) is 0. The summed E-state index contributed by atoms with van der Waals surface area (Å²) >= 11 is 0. The van der Waals surface area contributed by atoms with Gasteiger partial charge in [-0.2, -0.15) is 0 Å². The third-order valence-corrected chi connectivity index (χ3v) is 22.9. The normalized spacial score (nSPS) is 33.0. The van der Waals surface area contributed by atoms with Crippen molar-refractivity contribution in [1.29, 1.82) is 0 Å². The highest BCUT2D eigenvalue weighted by Gasteiger charge is 2.52. The van der Waals surface area contributed by atoms with Crippen LogP contribution < -0.4 is 0 Å². The zero-order chi connectivity index (χ0) is 58.6. The fourth-order valence-corrected chi connectivity index (χ4v) is 14.9. The number of esters is 1. The Kier molecular flexibility index (Phi) is 25.1. The number of hydrogen-bond acceptors (Lipinski definition) is 16. The van der Waals surface area contributed by atoms with Gasteiger partial charge >= 0.3 is 13.6 Å². The lowest BCUT2D eigenvalue weighted by Gasteiger charge is -2.52. The third kappa shape index (κ3) is 21.3. The summed E-state index contributed by atoms with van der Waals surface area (Å²) < 4.78 is 97.7. The maximum atomic E-state index is 13.4. The van der Waals surface area contributed by atoms with Gasteiger partial charge in [0.15, 0.2) is 43.4 Å². The summed E-state index contributed by atoms with van der Waals surface area (Å²) in [5.41, 5.74) is -1.04. The Balaban J connectivity index is 1.21. The van der Waals surface area contributed by atoms with Crippen LogP contribution in [0, 0.1) is 11.8 Å². The highest BCUT2D eigenvalue weighted by Crippen LogP contribution is 2.54. The fourth-order valence-electron chi connectivity index (χ4n) is 12.0. The van der Waals surface area contributed by atoms with Crippen LogP contribution in [0.5, 0.6) is 0 Å². The van der Waals surface area contributed by atoms with Gasteiger partial charge in [-0.1, -0.05) is 84.1 Å². The average molecular weight is 1150 g/mol. The Morgan fingerprint density at radius 1 is 0.646 bits per heavy atom. The molecule has 0 radical (unpaired) electrons. The van der Waals surface area contributed by atoms with E-state index < -0.39 is 63.1 Å². The first-order chi connectivity index (χ1) is 36.8. The number of carbonyl (C=O) groups excluding carboxylic acids is 2. The van der Waals surface area contributed by atoms with E-state index in [4.69, 9.17) is 60.8 Å². The summed E-state index contributed by atoms with van der Waals surface area (Å²) in [5, 5.41) is 0.0438. The highest BCUT2D eigenvalue weighted by atomic mass is 31.2. The van der Waals surface area contributed by atoms with Crippen molar-refractivity contribution >= 4 is 28.2 Å². The second-order valence-corrected chi connectivity index (χ2v) is 33.1. The van der Waals surface area contributed by atoms with Crippen LogP contribution in [0.3, 0.4) is 0 Å². The van der Waals surface area contributed by atoms with E-state index in [1.807, 2.05) is 92.7 Å². The number of carbonyl (C=O) groups is 2. The van der Waals surface area contributed by atoms with Crippen molar-refractivity contribution in [2.24, 2.45) is 11.8 Å². The molecule has 14 atom stereocenters. The highest BCUT2D eigenvalue weighted by molar-refractivity contribution is 7.55. The number of allylic oxidation sites excluding steroid dienone is 7. The van der Waals surface area contributed by atoms with Crippen LogP contribution in [0.4, 0.5) is 0 Å². The average Bonchev–Trinajstić information content (AvgIpc) is 3.33. The quantitative estimate of drug-likeness (QED) is 0.0200. The largest absolute Gasteiger partial charge is 0.461 e. The van der Waals surface area contributed by atoms with Gasteiger partial charge in [0.1, 0.15) is 12.4 Å². The Bertz CT molecular complexity index is 2070. The molecule has 5 fully saturated rings. The molecule has 5 aliphatic heterocycles. The van der Waals surface area contributed by atoms with Gasteiger partial charge in [-0.25, -0.2) is 0 Å². The molecule has 1 spiro atoms. The molecular formula is C61H105O16PSi. The van der Waals surface area contributed by atoms with Crippen LogP contribution in [-0.4, -0.2) is 130 Å². The van der Waals surface area contributed by atoms with Crippen molar-refractivity contribution < 1.29 is 75.0 Å². The fraction of sp³-hybridized carbons (Fsp3) is 0.836. The molecule has 16 nitrogen and oxygen atoms in total. The van der Waals surface area contributed by atoms with Gasteiger partial charge in [0.05, 0.1) is 68.1 Å². The molecule has 5 aliphatic rings. The maximum absolute atomic E-state index is 13.4. The molecule has 0 saturated carbocycles. The van der Waals surface area contributed by atoms with Crippen molar-refractivity contribution in [1.82, 2.24) is 0 Å². The molecule has 0 bridgehead atoms. The number of aldehydes is 1. The summed E-state index contributed by atoms with van der Waals surface area (Å²) in [7, 11) is -5.81. The van der Waals surface area contributed by atoms with Crippen molar-refractivity contribution in [2.45, 2.75) is 302 Å². The second-order valence-electron chi connectivity index (χ2n) is 26.0. The lowest BCUT2D eigenvalue weighted by Crippen LogP contribution is -2.58. The minimum atomic E-state index is -3.68. The van der Waals surface area contributed by atoms with Crippen molar-refractivity contribution in [2.75, 3.05) is 13.2 Å². The molecule has 18 heteroatoms. The Morgan fingerprint density at radius 3 is 1.59 bits per heavy atom. The molecule has 0 aromatic heterocycles. The van der Waals surface area contributed by atoms with Crippen molar-refractivity contribution in [3.8, 4) is 0 Å². The van der Waals surface area contributed by atoms with E-state index in [2.05, 4.69) is 46.9 Å². The molecular weight excluding hydrogens is 1050 g/mol. The van der Waals surface area contributed by atoms with Crippen LogP contribution in [-0.2, 0) is 75.0 Å². The van der Waals surface area contributed by atoms with Crippen LogP contribution in [0.15, 0.2) is 48.6 Å². The Hall–Kier alpha value is -1.93. The van der Waals surface area contributed by atoms with Gasteiger partial charge in [0.2, 0.25) is 0 Å². The van der Waals surface area contributed by atoms with Crippen LogP contribution in [0.25, 0.3) is 0 Å². The molecule has 0 aromatic rings. The molecule has 0 N–H and O–H groups in total. The molecule has 0 aromatic carbocycles. The zero-order valence-electron chi connectivity index (χ0n) is 51.7. The molecule has 5 heterocycles. The van der Waals surface area contributed by atoms with Crippen LogP contribution in [0.2, 0.25) is 18.1 Å². The van der Waals surface area contributed by atoms with E-state index in [0.717, 1.165) is 25.5 Å². The van der Waals surface area contributed by atoms with E-state index in [9.17, 15) is 14.2 Å². The topological polar surface area (TPSA) is 171 Å². The monoisotopic (exact) mass is 1150 g/mol. The molecule has 1 unspecified atom stereocenters. The first-order valence-corrected chi connectivity index (χ1v) is 34.3. The van der Waals surface area contributed by atoms with E-state index in [0.29, 0.717) is 57.8 Å². The van der Waals surface area contributed by atoms with Gasteiger partial charge in [0.25, 0.3) is 0 Å². The molecule has 5 rings (SSSR count). The van der Waals surface area contributed by atoms with E-state index >= 15 is 0 Å². The maximum Gasteiger partial charge on any atom is 0.344 e. The van der Waals surface area contributed by atoms with Crippen LogP contribution in [0.1, 0.15) is 188 Å². The second kappa shape index (κ2) is 29.2. The molecule has 79 heavy (non-hydrogen) atoms. The standard InChI is InChI=1S/C61H105O16PSi/c1-19-65-78(64,66-20-2)44(6)56(63)68-55(42(3)4)43(5)30-31-47-33-48(71-58(11,12)70-47)35-49-36-50(73-59(13,14)72-49)37-51-38-52(75-60(15,16)74-51)39-53-40-61(69-45(7)67-53)41-54(77-79(17,18)57(8,9)10)34-46(76-61)29-27-25-23-21-22-24-26-28-32-62/h21-28,32,42-55H,19-20,29-31,33-41H2,1-18H3/b23-21+,24-22+,27-25+,28-26+/t43-,44?,45+,46+,47-,48-,49+,50-,51+,52+,53+,54-,55-,61-/m0/s1. The lowest BCUT2D eigenvalue weighted by atomic mass is 9.88. The predicted molar refractivity (Wildman–Crippen MR) is 309 cm³/mol. The molecule has 0 aliphatic carbocycles. The van der Waals surface area contributed by atoms with Gasteiger partial charge in [-0.05, 0) is 131 Å². The molecule has 5 saturated heterocycles. The van der Waals surface area contributed by atoms with E-state index in [1.54, 1.807) is 26.8 Å². The zero-order valence-corrected chi connectivity index (χ0v) is 53.6. The minimum absolute atomic E-state index is 0.00414. The first-order valence-electron chi connectivity index (χ1n) is 29.7. The summed E-state index contributed by atoms with van der Waals surface area (Å²) in [4.78, 5) is 24.0. The Labute approximate surface area is 477 Å². The van der Waals surface area contributed by atoms with Gasteiger partial charge in [-0.15, -0.1) is 0 Å². The van der Waals surface area contributed by atoms with Crippen LogP contribution >= 0.6 is 7.60 Å². The summed E-state index contributed by atoms with van der Waals surface area (Å²) in [5.74, 6) is -3.90. The number of hydrogen-bond donors (Lipinski definition) is 0. The Morgan fingerprint density at radius 2 is 1.11 bits per heavy atom. The van der Waals surface area contributed by atoms with Gasteiger partial charge in [-0.3, -0.25) is 14.2 Å². The predicted octanol–water partition coefficient (Wildman–Crippen LogP) is 13.8. The lowest BCUT2D eigenvalue weighted by molar-refractivity contribution is -0.390. The summed E-state index contributed by atoms with van der Waals surface area (Å²) in [6.45, 7) is 36.8. The third-order valence-electron chi connectivity index (χ3n) is 16.0. The number of ether oxygens (including phenoxy) is 10. The van der Waals surface area contributed by atoms with Gasteiger partial charge < -0.3 is 60.8 Å². The first kappa shape index (κ1) is 67.9. The molecule has 0 amide bonds. The van der Waals surface area contributed by atoms with Gasteiger partial charge in [0, 0.05) is 51.4 Å². The SMILES string of the molecule is CCOP(=O)(OCC)C(C)C(=O)O[C@@H](C(C)C)[C@@H](C)CC[C@H]1C[C@@H](C[C@@H]2C[C@@H](C[C@@H]3C[C@H](C[C@@H]4C[C@]5(C[C@@H](O[Si](C)(C)C(C)(C)C)C[C@@H](C/C=C/C=C/C=C/C=C/C=O)O5)O[C@H](C)O4)OC(C)(C)O3)OC(C)(C)O2)OC(C)(C)O1. The van der Waals surface area contributed by atoms with Crippen molar-refractivity contribution in [3.63, 3.8) is 0 Å². The van der Waals surface area contributed by atoms with Crippen molar-refractivity contribution in [3.05, 3.63) is 48.6 Å². The van der Waals surface area contributed by atoms with E-state index in [-0.39, 0.29) is 85.0 Å². The summed E-state index contributed by atoms with van der Waals surface area (Å²) in [6.07, 6.45) is 21.9.